The van der Waals surface area contributed by atoms with Crippen LogP contribution >= 0.6 is 0 Å². The van der Waals surface area contributed by atoms with Crippen LogP contribution in [0.25, 0.3) is 11.4 Å². The van der Waals surface area contributed by atoms with Gasteiger partial charge in [0.05, 0.1) is 11.4 Å². The van der Waals surface area contributed by atoms with Gasteiger partial charge in [-0.1, -0.05) is 60.7 Å². The van der Waals surface area contributed by atoms with Crippen LogP contribution in [0.15, 0.2) is 73.2 Å². The molecule has 0 saturated heterocycles. The van der Waals surface area contributed by atoms with E-state index in [0.29, 0.717) is 11.4 Å². The Balaban J connectivity index is 2.04. The van der Waals surface area contributed by atoms with Crippen molar-refractivity contribution in [2.75, 3.05) is 0 Å². The maximum atomic E-state index is 12.9. The summed E-state index contributed by atoms with van der Waals surface area (Å²) in [5, 5.41) is 0. The maximum absolute atomic E-state index is 12.9. The summed E-state index contributed by atoms with van der Waals surface area (Å²) in [5.41, 5.74) is 2.41. The van der Waals surface area contributed by atoms with E-state index < -0.39 is 11.7 Å². The highest BCUT2D eigenvalue weighted by Gasteiger charge is 2.31. The molecule has 1 amide bonds. The zero-order chi connectivity index (χ0) is 17.9. The van der Waals surface area contributed by atoms with Gasteiger partial charge in [0, 0.05) is 11.1 Å². The molecular weight excluding hydrogens is 314 g/mol. The molecule has 2 aromatic rings. The monoisotopic (exact) mass is 335 g/mol. The number of nitrogens with zero attached hydrogens (tertiary/aromatic N) is 1. The smallest absolute Gasteiger partial charge is 0.419 e. The van der Waals surface area contributed by atoms with Gasteiger partial charge in [0.2, 0.25) is 0 Å². The van der Waals surface area contributed by atoms with Gasteiger partial charge in [-0.15, -0.1) is 0 Å². The molecule has 1 aliphatic rings. The van der Waals surface area contributed by atoms with Gasteiger partial charge < -0.3 is 9.47 Å². The molecule has 0 unspecified atom stereocenters. The third-order valence-corrected chi connectivity index (χ3v) is 3.56. The summed E-state index contributed by atoms with van der Waals surface area (Å²) in [4.78, 5) is 14.5. The topological polar surface area (TPSA) is 38.8 Å². The summed E-state index contributed by atoms with van der Waals surface area (Å²) < 4.78 is 11.2. The molecule has 3 rings (SSSR count). The molecule has 1 heterocycles. The highest BCUT2D eigenvalue weighted by atomic mass is 16.6. The standard InChI is InChI=1S/C21H21NO3/c1-21(2,3)25-20(23)22-18(16-10-6-4-7-11-16)14-24-15-19(22)17-12-8-5-9-13-17/h4-15H,1-3H3. The summed E-state index contributed by atoms with van der Waals surface area (Å²) in [6.45, 7) is 5.55. The largest absolute Gasteiger partial charge is 0.468 e. The van der Waals surface area contributed by atoms with Crippen molar-refractivity contribution >= 4 is 17.5 Å². The number of ether oxygens (including phenoxy) is 2. The summed E-state index contributed by atoms with van der Waals surface area (Å²) in [5.74, 6) is 0. The Morgan fingerprint density at radius 2 is 1.28 bits per heavy atom. The van der Waals surface area contributed by atoms with Crippen molar-refractivity contribution in [3.63, 3.8) is 0 Å². The third kappa shape index (κ3) is 3.91. The van der Waals surface area contributed by atoms with Crippen molar-refractivity contribution in [2.45, 2.75) is 26.4 Å². The molecule has 25 heavy (non-hydrogen) atoms. The highest BCUT2D eigenvalue weighted by Crippen LogP contribution is 2.34. The molecule has 0 atom stereocenters. The van der Waals surface area contributed by atoms with Gasteiger partial charge in [-0.25, -0.2) is 9.69 Å². The summed E-state index contributed by atoms with van der Waals surface area (Å²) in [6, 6.07) is 19.3. The van der Waals surface area contributed by atoms with Crippen LogP contribution in [0.1, 0.15) is 31.9 Å². The lowest BCUT2D eigenvalue weighted by atomic mass is 10.1. The quantitative estimate of drug-likeness (QED) is 0.752. The number of carbonyl (C=O) groups is 1. The van der Waals surface area contributed by atoms with Crippen molar-refractivity contribution in [1.82, 2.24) is 4.90 Å². The highest BCUT2D eigenvalue weighted by molar-refractivity contribution is 5.93. The molecule has 0 spiro atoms. The molecule has 0 aliphatic carbocycles. The number of hydrogen-bond donors (Lipinski definition) is 0. The van der Waals surface area contributed by atoms with Gasteiger partial charge in [0.1, 0.15) is 18.1 Å². The first-order valence-corrected chi connectivity index (χ1v) is 8.15. The molecule has 0 radical (unpaired) electrons. The molecule has 0 N–H and O–H groups in total. The van der Waals surface area contributed by atoms with Crippen LogP contribution in [-0.4, -0.2) is 16.6 Å². The lowest BCUT2D eigenvalue weighted by molar-refractivity contribution is 0.0418. The minimum absolute atomic E-state index is 0.444. The summed E-state index contributed by atoms with van der Waals surface area (Å²) in [6.07, 6.45) is 2.68. The van der Waals surface area contributed by atoms with Crippen LogP contribution < -0.4 is 0 Å². The second-order valence-corrected chi connectivity index (χ2v) is 6.69. The van der Waals surface area contributed by atoms with Gasteiger partial charge in [-0.3, -0.25) is 0 Å². The van der Waals surface area contributed by atoms with E-state index in [1.54, 1.807) is 17.4 Å². The predicted molar refractivity (Wildman–Crippen MR) is 98.0 cm³/mol. The number of benzene rings is 2. The van der Waals surface area contributed by atoms with Gasteiger partial charge in [-0.2, -0.15) is 0 Å². The number of amides is 1. The Morgan fingerprint density at radius 1 is 0.840 bits per heavy atom. The van der Waals surface area contributed by atoms with E-state index in [2.05, 4.69) is 0 Å². The zero-order valence-corrected chi connectivity index (χ0v) is 14.6. The first-order valence-electron chi connectivity index (χ1n) is 8.15. The fourth-order valence-electron chi connectivity index (χ4n) is 2.51. The first kappa shape index (κ1) is 16.8. The summed E-state index contributed by atoms with van der Waals surface area (Å²) in [7, 11) is 0. The third-order valence-electron chi connectivity index (χ3n) is 3.56. The van der Waals surface area contributed by atoms with Crippen LogP contribution in [-0.2, 0) is 9.47 Å². The van der Waals surface area contributed by atoms with Crippen LogP contribution in [0, 0.1) is 0 Å². The molecular formula is C21H21NO3. The Bertz CT molecular complexity index is 747. The Labute approximate surface area is 148 Å². The lowest BCUT2D eigenvalue weighted by Gasteiger charge is -2.32. The molecule has 0 fully saturated rings. The van der Waals surface area contributed by atoms with E-state index in [4.69, 9.17) is 9.47 Å². The number of hydrogen-bond acceptors (Lipinski definition) is 3. The maximum Gasteiger partial charge on any atom is 0.419 e. The van der Waals surface area contributed by atoms with E-state index in [1.165, 1.54) is 0 Å². The van der Waals surface area contributed by atoms with Crippen molar-refractivity contribution < 1.29 is 14.3 Å². The van der Waals surface area contributed by atoms with Gasteiger partial charge in [0.15, 0.2) is 0 Å². The zero-order valence-electron chi connectivity index (χ0n) is 14.6. The van der Waals surface area contributed by atoms with Crippen LogP contribution in [0.5, 0.6) is 0 Å². The van der Waals surface area contributed by atoms with Crippen LogP contribution in [0.2, 0.25) is 0 Å². The number of rotatable bonds is 2. The summed E-state index contributed by atoms with van der Waals surface area (Å²) >= 11 is 0. The van der Waals surface area contributed by atoms with Gasteiger partial charge >= 0.3 is 6.09 Å². The molecule has 1 aliphatic heterocycles. The van der Waals surface area contributed by atoms with Crippen molar-refractivity contribution in [2.24, 2.45) is 0 Å². The Kier molecular flexibility index (Phi) is 4.61. The minimum atomic E-state index is -0.598. The number of carbonyl (C=O) groups excluding carboxylic acids is 1. The molecule has 2 aromatic carbocycles. The minimum Gasteiger partial charge on any atom is -0.468 e. The van der Waals surface area contributed by atoms with E-state index in [-0.39, 0.29) is 0 Å². The Morgan fingerprint density at radius 3 is 1.68 bits per heavy atom. The molecule has 4 nitrogen and oxygen atoms in total. The predicted octanol–water partition coefficient (Wildman–Crippen LogP) is 5.25. The Hall–Kier alpha value is -3.01. The van der Waals surface area contributed by atoms with E-state index in [1.807, 2.05) is 81.4 Å². The lowest BCUT2D eigenvalue weighted by Crippen LogP contribution is -2.35. The average Bonchev–Trinajstić information content (AvgIpc) is 2.61. The van der Waals surface area contributed by atoms with E-state index >= 15 is 0 Å². The molecule has 0 bridgehead atoms. The molecule has 0 aromatic heterocycles. The fraction of sp³-hybridized carbons (Fsp3) is 0.190. The molecule has 128 valence electrons. The molecule has 0 saturated carbocycles. The normalized spacial score (nSPS) is 14.3. The first-order chi connectivity index (χ1) is 12.0. The van der Waals surface area contributed by atoms with Gasteiger partial charge in [-0.05, 0) is 20.8 Å². The second-order valence-electron chi connectivity index (χ2n) is 6.69. The van der Waals surface area contributed by atoms with Crippen molar-refractivity contribution in [3.05, 3.63) is 84.3 Å². The van der Waals surface area contributed by atoms with Crippen molar-refractivity contribution in [1.29, 1.82) is 0 Å². The SMILES string of the molecule is CC(C)(C)OC(=O)N1C(c2ccccc2)=COC=C1c1ccccc1. The van der Waals surface area contributed by atoms with Gasteiger partial charge in [0.25, 0.3) is 0 Å². The van der Waals surface area contributed by atoms with Crippen LogP contribution in [0.3, 0.4) is 0 Å². The van der Waals surface area contributed by atoms with E-state index in [9.17, 15) is 4.79 Å². The van der Waals surface area contributed by atoms with Crippen molar-refractivity contribution in [3.8, 4) is 0 Å². The average molecular weight is 335 g/mol. The van der Waals surface area contributed by atoms with E-state index in [0.717, 1.165) is 11.1 Å². The molecule has 4 heteroatoms. The second kappa shape index (κ2) is 6.85. The van der Waals surface area contributed by atoms with Crippen LogP contribution in [0.4, 0.5) is 4.79 Å². The fourth-order valence-corrected chi connectivity index (χ4v) is 2.51.